The molecule has 0 spiro atoms. The molecule has 0 saturated carbocycles. The largest absolute Gasteiger partial charge is 0.481 e. The molecule has 2 aromatic rings. The molecule has 5 N–H and O–H groups in total. The van der Waals surface area contributed by atoms with Crippen molar-refractivity contribution in [1.82, 2.24) is 20.6 Å². The van der Waals surface area contributed by atoms with Crippen molar-refractivity contribution in [2.75, 3.05) is 36.9 Å². The van der Waals surface area contributed by atoms with Gasteiger partial charge in [-0.05, 0) is 37.7 Å². The highest BCUT2D eigenvalue weighted by Gasteiger charge is 2.16. The third kappa shape index (κ3) is 8.52. The zero-order valence-corrected chi connectivity index (χ0v) is 19.1. The van der Waals surface area contributed by atoms with Gasteiger partial charge in [0.1, 0.15) is 11.4 Å². The van der Waals surface area contributed by atoms with E-state index >= 15 is 0 Å². The van der Waals surface area contributed by atoms with Crippen LogP contribution < -0.4 is 21.3 Å². The number of thiocarbonyl (C=S) groups is 1. The molecule has 0 saturated heterocycles. The highest BCUT2D eigenvalue weighted by atomic mass is 35.5. The Labute approximate surface area is 196 Å². The summed E-state index contributed by atoms with van der Waals surface area (Å²) >= 11 is 11.3. The number of rotatable bonds is 12. The summed E-state index contributed by atoms with van der Waals surface area (Å²) in [5.41, 5.74) is 0.854. The number of anilines is 3. The van der Waals surface area contributed by atoms with Gasteiger partial charge >= 0.3 is 11.9 Å². The van der Waals surface area contributed by atoms with Crippen molar-refractivity contribution in [1.29, 1.82) is 0 Å². The Morgan fingerprint density at radius 3 is 2.66 bits per heavy atom. The lowest BCUT2D eigenvalue weighted by atomic mass is 10.3. The number of nitrogens with one attached hydrogen (secondary N) is 4. The summed E-state index contributed by atoms with van der Waals surface area (Å²) in [5.74, 6) is -0.817. The molecular weight excluding hydrogens is 456 g/mol. The lowest BCUT2D eigenvalue weighted by Gasteiger charge is -2.13. The minimum absolute atomic E-state index is 0.0156. The second-order valence-corrected chi connectivity index (χ2v) is 7.20. The Kier molecular flexibility index (Phi) is 10.4. The van der Waals surface area contributed by atoms with Crippen molar-refractivity contribution in [2.24, 2.45) is 0 Å². The van der Waals surface area contributed by atoms with Crippen molar-refractivity contribution in [3.63, 3.8) is 0 Å². The van der Waals surface area contributed by atoms with Gasteiger partial charge in [0.15, 0.2) is 5.11 Å². The molecule has 32 heavy (non-hydrogen) atoms. The first-order valence-corrected chi connectivity index (χ1v) is 10.7. The molecule has 0 radical (unpaired) electrons. The highest BCUT2D eigenvalue weighted by molar-refractivity contribution is 7.80. The van der Waals surface area contributed by atoms with E-state index in [1.54, 1.807) is 19.1 Å². The van der Waals surface area contributed by atoms with Crippen LogP contribution in [0.25, 0.3) is 0 Å². The van der Waals surface area contributed by atoms with Crippen molar-refractivity contribution in [2.45, 2.75) is 19.8 Å². The standard InChI is InChI=1S/C20H25ClN6O4S/c1-2-31-18(30)13-12-25-19(26-15-7-4-3-6-14(15)21)27-17(13)22-9-5-10-23-20(32)24-11-8-16(28)29/h3-4,6-7,12H,2,5,8-11H2,1H3,(H,28,29)(H2,23,24,32)(H2,22,25,26,27). The third-order valence-electron chi connectivity index (χ3n) is 3.96. The maximum atomic E-state index is 12.3. The normalized spacial score (nSPS) is 10.2. The first kappa shape index (κ1) is 25.1. The van der Waals surface area contributed by atoms with E-state index in [0.29, 0.717) is 41.2 Å². The number of esters is 1. The molecule has 10 nitrogen and oxygen atoms in total. The number of nitrogens with zero attached hydrogens (tertiary/aromatic N) is 2. The SMILES string of the molecule is CCOC(=O)c1cnc(Nc2ccccc2Cl)nc1NCCCNC(=S)NCCC(=O)O. The summed E-state index contributed by atoms with van der Waals surface area (Å²) in [5, 5.41) is 21.5. The number of carbonyl (C=O) groups excluding carboxylic acids is 1. The van der Waals surface area contributed by atoms with Gasteiger partial charge in [-0.15, -0.1) is 0 Å². The molecule has 0 atom stereocenters. The molecule has 1 heterocycles. The molecule has 0 aliphatic carbocycles. The van der Waals surface area contributed by atoms with Gasteiger partial charge in [-0.25, -0.2) is 9.78 Å². The van der Waals surface area contributed by atoms with E-state index in [9.17, 15) is 9.59 Å². The minimum atomic E-state index is -0.893. The molecule has 0 fully saturated rings. The molecule has 0 aliphatic heterocycles. The van der Waals surface area contributed by atoms with E-state index in [0.717, 1.165) is 0 Å². The number of aromatic nitrogens is 2. The van der Waals surface area contributed by atoms with E-state index in [4.69, 9.17) is 33.7 Å². The number of aliphatic carboxylic acids is 1. The molecule has 0 amide bonds. The topological polar surface area (TPSA) is 138 Å². The first-order chi connectivity index (χ1) is 15.4. The number of carbonyl (C=O) groups is 2. The molecule has 12 heteroatoms. The van der Waals surface area contributed by atoms with Crippen LogP contribution in [0, 0.1) is 0 Å². The number of hydrogen-bond acceptors (Lipinski definition) is 8. The number of para-hydroxylation sites is 1. The van der Waals surface area contributed by atoms with E-state index < -0.39 is 11.9 Å². The molecule has 0 aliphatic rings. The number of benzene rings is 1. The van der Waals surface area contributed by atoms with Gasteiger partial charge in [0.25, 0.3) is 0 Å². The van der Waals surface area contributed by atoms with Crippen LogP contribution in [-0.2, 0) is 9.53 Å². The molecule has 0 bridgehead atoms. The Morgan fingerprint density at radius 2 is 1.94 bits per heavy atom. The van der Waals surface area contributed by atoms with Crippen LogP contribution in [0.3, 0.4) is 0 Å². The van der Waals surface area contributed by atoms with Crippen LogP contribution in [0.2, 0.25) is 5.02 Å². The monoisotopic (exact) mass is 480 g/mol. The number of carboxylic acid groups (broad SMARTS) is 1. The van der Waals surface area contributed by atoms with Crippen molar-refractivity contribution in [3.05, 3.63) is 41.0 Å². The zero-order valence-electron chi connectivity index (χ0n) is 17.5. The van der Waals surface area contributed by atoms with Crippen LogP contribution in [0.15, 0.2) is 30.5 Å². The predicted octanol–water partition coefficient (Wildman–Crippen LogP) is 2.79. The van der Waals surface area contributed by atoms with Crippen molar-refractivity contribution < 1.29 is 19.4 Å². The highest BCUT2D eigenvalue weighted by Crippen LogP contribution is 2.24. The number of ether oxygens (including phenoxy) is 1. The Bertz CT molecular complexity index is 946. The van der Waals surface area contributed by atoms with Crippen molar-refractivity contribution >= 4 is 58.3 Å². The van der Waals surface area contributed by atoms with Crippen molar-refractivity contribution in [3.8, 4) is 0 Å². The Morgan fingerprint density at radius 1 is 1.19 bits per heavy atom. The van der Waals surface area contributed by atoms with Gasteiger partial charge in [-0.1, -0.05) is 23.7 Å². The smallest absolute Gasteiger partial charge is 0.343 e. The van der Waals surface area contributed by atoms with Gasteiger partial charge in [0.05, 0.1) is 23.7 Å². The van der Waals surface area contributed by atoms with Gasteiger partial charge < -0.3 is 31.1 Å². The number of hydrogen-bond donors (Lipinski definition) is 5. The summed E-state index contributed by atoms with van der Waals surface area (Å²) in [6.45, 7) is 3.23. The average Bonchev–Trinajstić information content (AvgIpc) is 2.75. The molecule has 0 unspecified atom stereocenters. The summed E-state index contributed by atoms with van der Waals surface area (Å²) in [6.07, 6.45) is 2.03. The maximum absolute atomic E-state index is 12.3. The second kappa shape index (κ2) is 13.3. The zero-order chi connectivity index (χ0) is 23.3. The van der Waals surface area contributed by atoms with E-state index in [-0.39, 0.29) is 31.1 Å². The van der Waals surface area contributed by atoms with E-state index in [1.165, 1.54) is 6.20 Å². The number of halogens is 1. The van der Waals surface area contributed by atoms with Gasteiger partial charge in [-0.2, -0.15) is 4.98 Å². The summed E-state index contributed by atoms with van der Waals surface area (Å²) in [7, 11) is 0. The van der Waals surface area contributed by atoms with E-state index in [2.05, 4.69) is 31.2 Å². The summed E-state index contributed by atoms with van der Waals surface area (Å²) in [6, 6.07) is 7.17. The van der Waals surface area contributed by atoms with Crippen LogP contribution in [0.5, 0.6) is 0 Å². The minimum Gasteiger partial charge on any atom is -0.481 e. The molecule has 2 rings (SSSR count). The molecular formula is C20H25ClN6O4S. The lowest BCUT2D eigenvalue weighted by molar-refractivity contribution is -0.136. The summed E-state index contributed by atoms with van der Waals surface area (Å²) < 4.78 is 5.08. The first-order valence-electron chi connectivity index (χ1n) is 9.93. The third-order valence-corrected chi connectivity index (χ3v) is 4.58. The van der Waals surface area contributed by atoms with Crippen LogP contribution in [0.1, 0.15) is 30.1 Å². The van der Waals surface area contributed by atoms with Gasteiger partial charge in [0.2, 0.25) is 5.95 Å². The second-order valence-electron chi connectivity index (χ2n) is 6.39. The number of carboxylic acids is 1. The fraction of sp³-hybridized carbons (Fsp3) is 0.350. The fourth-order valence-corrected chi connectivity index (χ4v) is 2.85. The maximum Gasteiger partial charge on any atom is 0.343 e. The molecule has 1 aromatic carbocycles. The lowest BCUT2D eigenvalue weighted by Crippen LogP contribution is -2.37. The van der Waals surface area contributed by atoms with Crippen LogP contribution >= 0.6 is 23.8 Å². The average molecular weight is 481 g/mol. The molecule has 1 aromatic heterocycles. The quantitative estimate of drug-likeness (QED) is 0.174. The van der Waals surface area contributed by atoms with E-state index in [1.807, 2.05) is 12.1 Å². The summed E-state index contributed by atoms with van der Waals surface area (Å²) in [4.78, 5) is 31.3. The predicted molar refractivity (Wildman–Crippen MR) is 127 cm³/mol. The van der Waals surface area contributed by atoms with Crippen LogP contribution in [0.4, 0.5) is 17.5 Å². The van der Waals surface area contributed by atoms with Gasteiger partial charge in [0, 0.05) is 25.8 Å². The Balaban J connectivity index is 1.95. The van der Waals surface area contributed by atoms with Crippen LogP contribution in [-0.4, -0.2) is 58.4 Å². The molecule has 172 valence electrons. The Hall–Kier alpha value is -3.18. The van der Waals surface area contributed by atoms with Gasteiger partial charge in [-0.3, -0.25) is 4.79 Å². The fourth-order valence-electron chi connectivity index (χ4n) is 2.46.